The van der Waals surface area contributed by atoms with Crippen LogP contribution in [0.25, 0.3) is 0 Å². The van der Waals surface area contributed by atoms with Gasteiger partial charge in [0.15, 0.2) is 0 Å². The fourth-order valence-electron chi connectivity index (χ4n) is 0.919. The minimum Gasteiger partial charge on any atom is -0.383 e. The summed E-state index contributed by atoms with van der Waals surface area (Å²) < 4.78 is 4.94. The molecule has 5 heteroatoms. The van der Waals surface area contributed by atoms with Crippen molar-refractivity contribution in [1.29, 1.82) is 0 Å². The van der Waals surface area contributed by atoms with Crippen LogP contribution in [0.2, 0.25) is 0 Å². The maximum atomic E-state index is 11.1. The second-order valence-corrected chi connectivity index (χ2v) is 3.88. The van der Waals surface area contributed by atoms with Gasteiger partial charge in [-0.3, -0.25) is 4.79 Å². The summed E-state index contributed by atoms with van der Waals surface area (Å²) in [4.78, 5) is 13.2. The summed E-state index contributed by atoms with van der Waals surface area (Å²) in [6.45, 7) is 3.18. The van der Waals surface area contributed by atoms with E-state index in [0.717, 1.165) is 25.0 Å². The van der Waals surface area contributed by atoms with Crippen LogP contribution in [0.15, 0.2) is 0 Å². The summed E-state index contributed by atoms with van der Waals surface area (Å²) in [6, 6.07) is 0. The number of hydrogen-bond acceptors (Lipinski definition) is 3. The zero-order valence-electron chi connectivity index (χ0n) is 8.88. The van der Waals surface area contributed by atoms with Crippen molar-refractivity contribution in [2.75, 3.05) is 45.7 Å². The lowest BCUT2D eigenvalue weighted by atomic mass is 10.4. The Balaban J connectivity index is 3.29. The number of methoxy groups -OCH3 is 1. The molecule has 0 unspecified atom stereocenters. The van der Waals surface area contributed by atoms with E-state index in [2.05, 4.69) is 26.1 Å². The van der Waals surface area contributed by atoms with Crippen LogP contribution >= 0.6 is 15.9 Å². The Morgan fingerprint density at radius 3 is 2.79 bits per heavy atom. The number of rotatable bonds is 8. The maximum absolute atomic E-state index is 11.1. The number of nitrogens with one attached hydrogen (secondary N) is 1. The van der Waals surface area contributed by atoms with Crippen LogP contribution in [0.1, 0.15) is 6.42 Å². The molecule has 4 nitrogen and oxygen atoms in total. The molecule has 0 radical (unpaired) electrons. The molecule has 0 aromatic carbocycles. The largest absolute Gasteiger partial charge is 0.383 e. The minimum atomic E-state index is 0.0991. The lowest BCUT2D eigenvalue weighted by Crippen LogP contribution is -2.34. The van der Waals surface area contributed by atoms with E-state index in [1.807, 2.05) is 7.05 Å². The molecule has 0 bridgehead atoms. The molecule has 1 N–H and O–H groups in total. The number of halogens is 1. The highest BCUT2D eigenvalue weighted by Crippen LogP contribution is 1.87. The summed E-state index contributed by atoms with van der Waals surface area (Å²) in [5.41, 5.74) is 0. The average Bonchev–Trinajstić information content (AvgIpc) is 2.15. The van der Waals surface area contributed by atoms with Gasteiger partial charge in [0.2, 0.25) is 5.91 Å². The zero-order valence-corrected chi connectivity index (χ0v) is 10.5. The van der Waals surface area contributed by atoms with Gasteiger partial charge in [0.25, 0.3) is 0 Å². The third-order valence-corrected chi connectivity index (χ3v) is 2.21. The molecule has 0 rings (SSSR count). The molecule has 0 atom stereocenters. The average molecular weight is 267 g/mol. The number of carbonyl (C=O) groups is 1. The van der Waals surface area contributed by atoms with E-state index in [0.29, 0.717) is 13.0 Å². The van der Waals surface area contributed by atoms with E-state index in [9.17, 15) is 4.79 Å². The molecule has 0 aromatic rings. The number of nitrogens with zero attached hydrogens (tertiary/aromatic N) is 1. The number of likely N-dealkylation sites (N-methyl/N-ethyl adjacent to an activating group) is 1. The summed E-state index contributed by atoms with van der Waals surface area (Å²) in [5, 5.41) is 3.56. The number of alkyl halides is 1. The first-order valence-corrected chi connectivity index (χ1v) is 5.83. The third-order valence-electron chi connectivity index (χ3n) is 1.81. The van der Waals surface area contributed by atoms with Gasteiger partial charge in [-0.15, -0.1) is 0 Å². The highest BCUT2D eigenvalue weighted by molar-refractivity contribution is 9.09. The molecule has 0 aromatic heterocycles. The summed E-state index contributed by atoms with van der Waals surface area (Å²) in [7, 11) is 3.70. The van der Waals surface area contributed by atoms with E-state index in [1.165, 1.54) is 0 Å². The Labute approximate surface area is 94.1 Å². The topological polar surface area (TPSA) is 41.6 Å². The molecule has 0 saturated carbocycles. The van der Waals surface area contributed by atoms with Crippen LogP contribution in [-0.2, 0) is 9.53 Å². The lowest BCUT2D eigenvalue weighted by molar-refractivity contribution is -0.120. The van der Waals surface area contributed by atoms with Gasteiger partial charge in [0, 0.05) is 38.5 Å². The van der Waals surface area contributed by atoms with Crippen molar-refractivity contribution in [2.24, 2.45) is 0 Å². The molecule has 84 valence electrons. The standard InChI is InChI=1S/C9H19BrN2O2/c1-12(7-8-14-2)6-5-11-9(13)3-4-10/h3-8H2,1-2H3,(H,11,13). The molecule has 0 fully saturated rings. The third kappa shape index (κ3) is 8.47. The molecule has 0 heterocycles. The van der Waals surface area contributed by atoms with E-state index in [-0.39, 0.29) is 5.91 Å². The van der Waals surface area contributed by atoms with E-state index in [4.69, 9.17) is 4.74 Å². The molecule has 0 aliphatic rings. The zero-order chi connectivity index (χ0) is 10.8. The lowest BCUT2D eigenvalue weighted by Gasteiger charge is -2.15. The van der Waals surface area contributed by atoms with Crippen LogP contribution < -0.4 is 5.32 Å². The second-order valence-electron chi connectivity index (χ2n) is 3.09. The predicted molar refractivity (Wildman–Crippen MR) is 60.8 cm³/mol. The molecule has 0 spiro atoms. The smallest absolute Gasteiger partial charge is 0.220 e. The van der Waals surface area contributed by atoms with Crippen molar-refractivity contribution in [3.63, 3.8) is 0 Å². The fourth-order valence-corrected chi connectivity index (χ4v) is 1.28. The highest BCUT2D eigenvalue weighted by Gasteiger charge is 2.00. The highest BCUT2D eigenvalue weighted by atomic mass is 79.9. The van der Waals surface area contributed by atoms with Gasteiger partial charge >= 0.3 is 0 Å². The van der Waals surface area contributed by atoms with Crippen LogP contribution in [-0.4, -0.2) is 56.5 Å². The monoisotopic (exact) mass is 266 g/mol. The Morgan fingerprint density at radius 1 is 1.50 bits per heavy atom. The number of carbonyl (C=O) groups excluding carboxylic acids is 1. The van der Waals surface area contributed by atoms with Gasteiger partial charge in [0.1, 0.15) is 0 Å². The number of amides is 1. The van der Waals surface area contributed by atoms with Crippen molar-refractivity contribution >= 4 is 21.8 Å². The van der Waals surface area contributed by atoms with E-state index >= 15 is 0 Å². The van der Waals surface area contributed by atoms with Gasteiger partial charge in [-0.25, -0.2) is 0 Å². The summed E-state index contributed by atoms with van der Waals surface area (Å²) in [6.07, 6.45) is 0.543. The van der Waals surface area contributed by atoms with Gasteiger partial charge < -0.3 is 15.0 Å². The van der Waals surface area contributed by atoms with E-state index in [1.54, 1.807) is 7.11 Å². The molecule has 1 amide bonds. The van der Waals surface area contributed by atoms with Crippen molar-refractivity contribution in [3.8, 4) is 0 Å². The van der Waals surface area contributed by atoms with Gasteiger partial charge in [-0.1, -0.05) is 15.9 Å². The van der Waals surface area contributed by atoms with Gasteiger partial charge in [-0.05, 0) is 7.05 Å². The van der Waals surface area contributed by atoms with E-state index < -0.39 is 0 Å². The Morgan fingerprint density at radius 2 is 2.21 bits per heavy atom. The van der Waals surface area contributed by atoms with Crippen molar-refractivity contribution in [3.05, 3.63) is 0 Å². The first-order chi connectivity index (χ1) is 6.70. The van der Waals surface area contributed by atoms with Crippen molar-refractivity contribution in [2.45, 2.75) is 6.42 Å². The fraction of sp³-hybridized carbons (Fsp3) is 0.889. The number of ether oxygens (including phenoxy) is 1. The Hall–Kier alpha value is -0.130. The molecular formula is C9H19BrN2O2. The van der Waals surface area contributed by atoms with Gasteiger partial charge in [0.05, 0.1) is 6.61 Å². The molecule has 0 aliphatic carbocycles. The van der Waals surface area contributed by atoms with Crippen molar-refractivity contribution < 1.29 is 9.53 Å². The molecular weight excluding hydrogens is 248 g/mol. The Kier molecular flexibility index (Phi) is 9.34. The normalized spacial score (nSPS) is 10.6. The Bertz CT molecular complexity index is 156. The SMILES string of the molecule is COCCN(C)CCNC(=O)CCBr. The van der Waals surface area contributed by atoms with Crippen LogP contribution in [0.3, 0.4) is 0 Å². The van der Waals surface area contributed by atoms with Crippen molar-refractivity contribution in [1.82, 2.24) is 10.2 Å². The first kappa shape index (κ1) is 13.9. The molecule has 14 heavy (non-hydrogen) atoms. The quantitative estimate of drug-likeness (QED) is 0.650. The van der Waals surface area contributed by atoms with Gasteiger partial charge in [-0.2, -0.15) is 0 Å². The molecule has 0 aliphatic heterocycles. The van der Waals surface area contributed by atoms with Crippen LogP contribution in [0.4, 0.5) is 0 Å². The first-order valence-electron chi connectivity index (χ1n) is 4.71. The maximum Gasteiger partial charge on any atom is 0.220 e. The van der Waals surface area contributed by atoms with Crippen LogP contribution in [0.5, 0.6) is 0 Å². The second kappa shape index (κ2) is 9.43. The predicted octanol–water partition coefficient (Wildman–Crippen LogP) is 0.466. The number of hydrogen-bond donors (Lipinski definition) is 1. The van der Waals surface area contributed by atoms with Crippen LogP contribution in [0, 0.1) is 0 Å². The molecule has 0 saturated heterocycles. The summed E-state index contributed by atoms with van der Waals surface area (Å²) >= 11 is 3.22. The summed E-state index contributed by atoms with van der Waals surface area (Å²) in [5.74, 6) is 0.0991. The minimum absolute atomic E-state index is 0.0991.